The predicted octanol–water partition coefficient (Wildman–Crippen LogP) is 0.772. The standard InChI is InChI=1S/C11H8N6O2/c1-19-5-2-3-6-7(4-5)10(18)9-8(6)15-17(16-13)11(12)14-9/h2-4,12-13H,1H3. The Morgan fingerprint density at radius 1 is 1.32 bits per heavy atom. The van der Waals surface area contributed by atoms with E-state index in [9.17, 15) is 4.79 Å². The maximum atomic E-state index is 12.2. The number of nitrogens with one attached hydrogen (secondary N) is 2. The molecule has 94 valence electrons. The number of aromatic nitrogens is 3. The number of carbonyl (C=O) groups is 1. The molecule has 0 amide bonds. The van der Waals surface area contributed by atoms with Crippen LogP contribution >= 0.6 is 0 Å². The molecule has 2 aromatic rings. The van der Waals surface area contributed by atoms with Crippen LogP contribution in [0.25, 0.3) is 11.3 Å². The molecule has 1 aromatic heterocycles. The first-order chi connectivity index (χ1) is 9.15. The van der Waals surface area contributed by atoms with E-state index in [0.29, 0.717) is 22.6 Å². The third kappa shape index (κ3) is 1.46. The van der Waals surface area contributed by atoms with Gasteiger partial charge in [0.15, 0.2) is 0 Å². The van der Waals surface area contributed by atoms with Crippen LogP contribution in [0.3, 0.4) is 0 Å². The van der Waals surface area contributed by atoms with Gasteiger partial charge in [0.2, 0.25) is 5.78 Å². The van der Waals surface area contributed by atoms with E-state index in [0.717, 1.165) is 4.79 Å². The smallest absolute Gasteiger partial charge is 0.263 e. The molecule has 19 heavy (non-hydrogen) atoms. The predicted molar refractivity (Wildman–Crippen MR) is 61.8 cm³/mol. The molecule has 0 bridgehead atoms. The second kappa shape index (κ2) is 3.80. The zero-order chi connectivity index (χ0) is 13.6. The quantitative estimate of drug-likeness (QED) is 0.658. The highest BCUT2D eigenvalue weighted by atomic mass is 16.5. The average Bonchev–Trinajstić information content (AvgIpc) is 2.70. The van der Waals surface area contributed by atoms with Gasteiger partial charge in [0.05, 0.1) is 7.11 Å². The lowest BCUT2D eigenvalue weighted by Gasteiger charge is -2.02. The average molecular weight is 256 g/mol. The number of nitrogens with zero attached hydrogens (tertiary/aromatic N) is 4. The molecule has 8 heteroatoms. The van der Waals surface area contributed by atoms with Crippen molar-refractivity contribution in [2.45, 2.75) is 0 Å². The van der Waals surface area contributed by atoms with Crippen molar-refractivity contribution in [1.29, 1.82) is 10.9 Å². The van der Waals surface area contributed by atoms with Gasteiger partial charge in [0, 0.05) is 11.1 Å². The van der Waals surface area contributed by atoms with Crippen LogP contribution in [0.2, 0.25) is 0 Å². The number of fused-ring (bicyclic) bond motifs is 3. The molecular formula is C11H8N6O2. The van der Waals surface area contributed by atoms with E-state index in [1.807, 2.05) is 0 Å². The van der Waals surface area contributed by atoms with E-state index in [1.54, 1.807) is 18.2 Å². The molecule has 0 saturated carbocycles. The van der Waals surface area contributed by atoms with Crippen LogP contribution in [0.5, 0.6) is 5.75 Å². The third-order valence-electron chi connectivity index (χ3n) is 2.86. The number of benzene rings is 1. The van der Waals surface area contributed by atoms with Crippen molar-refractivity contribution in [3.63, 3.8) is 0 Å². The van der Waals surface area contributed by atoms with E-state index in [4.69, 9.17) is 15.7 Å². The summed E-state index contributed by atoms with van der Waals surface area (Å²) in [4.78, 5) is 16.8. The summed E-state index contributed by atoms with van der Waals surface area (Å²) in [6, 6.07) is 5.01. The van der Waals surface area contributed by atoms with Gasteiger partial charge in [-0.05, 0) is 23.4 Å². The third-order valence-corrected chi connectivity index (χ3v) is 2.86. The highest BCUT2D eigenvalue weighted by Crippen LogP contribution is 2.35. The van der Waals surface area contributed by atoms with Crippen LogP contribution in [0.15, 0.2) is 23.4 Å². The molecular weight excluding hydrogens is 248 g/mol. The van der Waals surface area contributed by atoms with Crippen molar-refractivity contribution in [2.75, 3.05) is 7.11 Å². The van der Waals surface area contributed by atoms with E-state index in [1.165, 1.54) is 7.11 Å². The SMILES string of the molecule is COc1ccc2c(c1)C(=O)c1nc(=N)n(N=N)nc1-2. The molecule has 0 fully saturated rings. The number of ether oxygens (including phenoxy) is 1. The maximum absolute atomic E-state index is 12.2. The molecule has 1 aromatic carbocycles. The van der Waals surface area contributed by atoms with Gasteiger partial charge in [-0.25, -0.2) is 4.98 Å². The lowest BCUT2D eigenvalue weighted by Crippen LogP contribution is -2.24. The minimum absolute atomic E-state index is 0.105. The molecule has 0 unspecified atom stereocenters. The number of ketones is 1. The van der Waals surface area contributed by atoms with Gasteiger partial charge in [0.1, 0.15) is 17.1 Å². The summed E-state index contributed by atoms with van der Waals surface area (Å²) in [5, 5.41) is 14.5. The number of hydrogen-bond donors (Lipinski definition) is 2. The van der Waals surface area contributed by atoms with Crippen molar-refractivity contribution in [3.8, 4) is 17.0 Å². The number of hydrogen-bond acceptors (Lipinski definition) is 7. The molecule has 8 nitrogen and oxygen atoms in total. The fourth-order valence-corrected chi connectivity index (χ4v) is 1.97. The summed E-state index contributed by atoms with van der Waals surface area (Å²) < 4.78 is 5.07. The molecule has 0 spiro atoms. The first-order valence-corrected chi connectivity index (χ1v) is 5.32. The largest absolute Gasteiger partial charge is 0.497 e. The Balaban J connectivity index is 2.31. The van der Waals surface area contributed by atoms with Gasteiger partial charge in [-0.15, -0.1) is 5.10 Å². The fraction of sp³-hybridized carbons (Fsp3) is 0.0909. The van der Waals surface area contributed by atoms with Crippen molar-refractivity contribution in [3.05, 3.63) is 35.1 Å². The topological polar surface area (TPSA) is 117 Å². The van der Waals surface area contributed by atoms with Gasteiger partial charge in [-0.3, -0.25) is 10.2 Å². The zero-order valence-electron chi connectivity index (χ0n) is 9.84. The van der Waals surface area contributed by atoms with Crippen LogP contribution in [0.4, 0.5) is 0 Å². The second-order valence-corrected chi connectivity index (χ2v) is 3.86. The maximum Gasteiger partial charge on any atom is 0.263 e. The fourth-order valence-electron chi connectivity index (χ4n) is 1.97. The van der Waals surface area contributed by atoms with Gasteiger partial charge in [-0.2, -0.15) is 5.53 Å². The van der Waals surface area contributed by atoms with E-state index < -0.39 is 0 Å². The van der Waals surface area contributed by atoms with Gasteiger partial charge in [-0.1, -0.05) is 4.79 Å². The van der Waals surface area contributed by atoms with Crippen molar-refractivity contribution >= 4 is 5.78 Å². The molecule has 1 heterocycles. The summed E-state index contributed by atoms with van der Waals surface area (Å²) >= 11 is 0. The number of carbonyl (C=O) groups excluding carboxylic acids is 1. The minimum atomic E-state index is -0.359. The van der Waals surface area contributed by atoms with Crippen LogP contribution < -0.4 is 10.4 Å². The summed E-state index contributed by atoms with van der Waals surface area (Å²) in [6.07, 6.45) is 0. The Bertz CT molecular complexity index is 779. The summed E-state index contributed by atoms with van der Waals surface area (Å²) in [7, 11) is 1.51. The zero-order valence-corrected chi connectivity index (χ0v) is 9.84. The lowest BCUT2D eigenvalue weighted by atomic mass is 10.1. The number of methoxy groups -OCH3 is 1. The highest BCUT2D eigenvalue weighted by Gasteiger charge is 2.31. The van der Waals surface area contributed by atoms with Crippen LogP contribution in [-0.2, 0) is 0 Å². The van der Waals surface area contributed by atoms with Crippen LogP contribution in [-0.4, -0.2) is 27.8 Å². The summed E-state index contributed by atoms with van der Waals surface area (Å²) in [5.74, 6) is 0.256. The second-order valence-electron chi connectivity index (χ2n) is 3.86. The molecule has 0 saturated heterocycles. The molecule has 0 aliphatic heterocycles. The Hall–Kier alpha value is -2.90. The first-order valence-electron chi connectivity index (χ1n) is 5.32. The van der Waals surface area contributed by atoms with Crippen molar-refractivity contribution in [1.82, 2.24) is 14.9 Å². The molecule has 0 atom stereocenters. The summed E-state index contributed by atoms with van der Waals surface area (Å²) in [5.41, 5.74) is 8.01. The Kier molecular flexibility index (Phi) is 2.24. The highest BCUT2D eigenvalue weighted by molar-refractivity contribution is 6.19. The Morgan fingerprint density at radius 2 is 2.11 bits per heavy atom. The number of rotatable bonds is 2. The van der Waals surface area contributed by atoms with Gasteiger partial charge in [0.25, 0.3) is 5.62 Å². The van der Waals surface area contributed by atoms with E-state index >= 15 is 0 Å². The molecule has 0 radical (unpaired) electrons. The van der Waals surface area contributed by atoms with Crippen LogP contribution in [0, 0.1) is 10.9 Å². The molecule has 3 rings (SSSR count). The molecule has 1 aliphatic rings. The normalized spacial score (nSPS) is 11.9. The molecule has 1 aliphatic carbocycles. The van der Waals surface area contributed by atoms with Gasteiger partial charge < -0.3 is 4.74 Å². The van der Waals surface area contributed by atoms with Crippen molar-refractivity contribution < 1.29 is 9.53 Å². The molecule has 2 N–H and O–H groups in total. The Morgan fingerprint density at radius 3 is 2.79 bits per heavy atom. The van der Waals surface area contributed by atoms with Crippen LogP contribution in [0.1, 0.15) is 16.1 Å². The lowest BCUT2D eigenvalue weighted by molar-refractivity contribution is 0.103. The van der Waals surface area contributed by atoms with Gasteiger partial charge >= 0.3 is 0 Å². The van der Waals surface area contributed by atoms with E-state index in [2.05, 4.69) is 15.3 Å². The monoisotopic (exact) mass is 256 g/mol. The van der Waals surface area contributed by atoms with E-state index in [-0.39, 0.29) is 17.1 Å². The summed E-state index contributed by atoms with van der Waals surface area (Å²) in [6.45, 7) is 0. The minimum Gasteiger partial charge on any atom is -0.497 e. The first kappa shape index (κ1) is 11.2. The Labute approximate surface area is 106 Å². The van der Waals surface area contributed by atoms with Crippen molar-refractivity contribution in [2.24, 2.45) is 5.22 Å².